The van der Waals surface area contributed by atoms with Crippen LogP contribution in [0, 0.1) is 22.7 Å². The normalized spacial score (nSPS) is 9.82. The molecule has 3 heteroatoms. The molecule has 17 heavy (non-hydrogen) atoms. The van der Waals surface area contributed by atoms with Crippen LogP contribution in [0.25, 0.3) is 10.8 Å². The van der Waals surface area contributed by atoms with Crippen molar-refractivity contribution in [2.45, 2.75) is 6.42 Å². The summed E-state index contributed by atoms with van der Waals surface area (Å²) >= 11 is 3.37. The van der Waals surface area contributed by atoms with Crippen molar-refractivity contribution in [3.05, 3.63) is 47.0 Å². The van der Waals surface area contributed by atoms with Crippen LogP contribution in [-0.2, 0) is 6.42 Å². The lowest BCUT2D eigenvalue weighted by Crippen LogP contribution is -1.95. The Labute approximate surface area is 108 Å². The molecule has 0 aromatic heterocycles. The minimum Gasteiger partial charge on any atom is -0.192 e. The molecule has 0 saturated heterocycles. The Bertz CT molecular complexity index is 648. The highest BCUT2D eigenvalue weighted by atomic mass is 79.9. The first-order valence-corrected chi connectivity index (χ1v) is 6.34. The summed E-state index contributed by atoms with van der Waals surface area (Å²) in [6, 6.07) is 13.8. The topological polar surface area (TPSA) is 47.6 Å². The van der Waals surface area contributed by atoms with E-state index in [-0.39, 0.29) is 0 Å². The number of benzene rings is 2. The van der Waals surface area contributed by atoms with Crippen LogP contribution in [0.5, 0.6) is 0 Å². The summed E-state index contributed by atoms with van der Waals surface area (Å²) in [5.41, 5.74) is 2.24. The molecule has 82 valence electrons. The van der Waals surface area contributed by atoms with Crippen LogP contribution in [0.2, 0.25) is 0 Å². The van der Waals surface area contributed by atoms with Crippen LogP contribution in [0.3, 0.4) is 0 Å². The van der Waals surface area contributed by atoms with Gasteiger partial charge in [0.15, 0.2) is 0 Å². The predicted molar refractivity (Wildman–Crippen MR) is 70.9 cm³/mol. The van der Waals surface area contributed by atoms with E-state index in [1.807, 2.05) is 30.3 Å². The van der Waals surface area contributed by atoms with E-state index in [2.05, 4.69) is 28.1 Å². The first-order chi connectivity index (χ1) is 8.31. The maximum absolute atomic E-state index is 9.26. The molecule has 0 aliphatic rings. The molecule has 0 radical (unpaired) electrons. The number of hydrogen-bond donors (Lipinski definition) is 0. The fraction of sp³-hybridized carbons (Fsp3) is 0.143. The molecule has 2 aromatic rings. The molecule has 0 aliphatic heterocycles. The lowest BCUT2D eigenvalue weighted by atomic mass is 9.94. The van der Waals surface area contributed by atoms with Gasteiger partial charge in [0.05, 0.1) is 17.2 Å². The molecule has 0 heterocycles. The first kappa shape index (κ1) is 11.6. The van der Waals surface area contributed by atoms with Gasteiger partial charge < -0.3 is 0 Å². The van der Waals surface area contributed by atoms with Crippen molar-refractivity contribution in [3.8, 4) is 12.1 Å². The largest absolute Gasteiger partial charge is 0.192 e. The zero-order valence-electron chi connectivity index (χ0n) is 9.07. The molecule has 0 aliphatic carbocycles. The molecule has 2 nitrogen and oxygen atoms in total. The molecule has 0 bridgehead atoms. The second-order valence-corrected chi connectivity index (χ2v) is 4.46. The van der Waals surface area contributed by atoms with Gasteiger partial charge in [0.2, 0.25) is 0 Å². The minimum atomic E-state index is 0.635. The van der Waals surface area contributed by atoms with Gasteiger partial charge in [-0.15, -0.1) is 0 Å². The van der Waals surface area contributed by atoms with E-state index in [1.165, 1.54) is 0 Å². The summed E-state index contributed by atoms with van der Waals surface area (Å²) < 4.78 is 0. The quantitative estimate of drug-likeness (QED) is 0.792. The molecule has 2 aromatic carbocycles. The average molecular weight is 285 g/mol. The van der Waals surface area contributed by atoms with E-state index in [0.29, 0.717) is 11.1 Å². The summed E-state index contributed by atoms with van der Waals surface area (Å²) in [6.07, 6.45) is 0.752. The van der Waals surface area contributed by atoms with Gasteiger partial charge in [0, 0.05) is 16.1 Å². The van der Waals surface area contributed by atoms with Gasteiger partial charge in [0.1, 0.15) is 6.07 Å². The lowest BCUT2D eigenvalue weighted by Gasteiger charge is -2.08. The highest BCUT2D eigenvalue weighted by Crippen LogP contribution is 2.26. The number of halogens is 1. The summed E-state index contributed by atoms with van der Waals surface area (Å²) in [6.45, 7) is 0. The van der Waals surface area contributed by atoms with E-state index in [9.17, 15) is 5.26 Å². The Morgan fingerprint density at radius 3 is 2.35 bits per heavy atom. The Balaban J connectivity index is 2.86. The van der Waals surface area contributed by atoms with Crippen molar-refractivity contribution in [2.75, 3.05) is 5.33 Å². The molecule has 0 amide bonds. The van der Waals surface area contributed by atoms with Crippen LogP contribution in [0.15, 0.2) is 30.3 Å². The molecule has 0 spiro atoms. The standard InChI is InChI=1S/C14H9BrN2/c15-6-5-10-7-11(8-16)12-3-1-2-4-13(12)14(10)9-17/h1-4,7H,5-6H2. The molecular formula is C14H9BrN2. The van der Waals surface area contributed by atoms with Crippen LogP contribution in [0.4, 0.5) is 0 Å². The van der Waals surface area contributed by atoms with E-state index >= 15 is 0 Å². The van der Waals surface area contributed by atoms with Crippen LogP contribution in [0.1, 0.15) is 16.7 Å². The van der Waals surface area contributed by atoms with Crippen molar-refractivity contribution in [2.24, 2.45) is 0 Å². The monoisotopic (exact) mass is 284 g/mol. The summed E-state index contributed by atoms with van der Waals surface area (Å²) in [4.78, 5) is 0. The highest BCUT2D eigenvalue weighted by Gasteiger charge is 2.10. The van der Waals surface area contributed by atoms with Crippen LogP contribution >= 0.6 is 15.9 Å². The number of hydrogen-bond acceptors (Lipinski definition) is 2. The fourth-order valence-corrected chi connectivity index (χ4v) is 2.38. The zero-order chi connectivity index (χ0) is 12.3. The zero-order valence-corrected chi connectivity index (χ0v) is 10.7. The number of nitriles is 2. The van der Waals surface area contributed by atoms with E-state index in [4.69, 9.17) is 5.26 Å². The van der Waals surface area contributed by atoms with E-state index in [1.54, 1.807) is 0 Å². The lowest BCUT2D eigenvalue weighted by molar-refractivity contribution is 1.16. The van der Waals surface area contributed by atoms with Crippen molar-refractivity contribution in [1.82, 2.24) is 0 Å². The number of alkyl halides is 1. The Kier molecular flexibility index (Phi) is 3.42. The molecule has 0 saturated carbocycles. The SMILES string of the molecule is N#Cc1cc(CCBr)c(C#N)c2ccccc12. The van der Waals surface area contributed by atoms with Gasteiger partial charge in [0.25, 0.3) is 0 Å². The van der Waals surface area contributed by atoms with Crippen molar-refractivity contribution >= 4 is 26.7 Å². The van der Waals surface area contributed by atoms with Crippen molar-refractivity contribution in [1.29, 1.82) is 10.5 Å². The van der Waals surface area contributed by atoms with Gasteiger partial charge in [-0.25, -0.2) is 0 Å². The number of aryl methyl sites for hydroxylation is 1. The summed E-state index contributed by atoms with van der Waals surface area (Å²) in [7, 11) is 0. The maximum Gasteiger partial charge on any atom is 0.100 e. The Morgan fingerprint density at radius 1 is 1.06 bits per heavy atom. The summed E-state index contributed by atoms with van der Waals surface area (Å²) in [5.74, 6) is 0. The third-order valence-corrected chi connectivity index (χ3v) is 3.12. The second-order valence-electron chi connectivity index (χ2n) is 3.67. The van der Waals surface area contributed by atoms with E-state index in [0.717, 1.165) is 28.1 Å². The van der Waals surface area contributed by atoms with Crippen molar-refractivity contribution < 1.29 is 0 Å². The average Bonchev–Trinajstić information content (AvgIpc) is 2.38. The third-order valence-electron chi connectivity index (χ3n) is 2.72. The van der Waals surface area contributed by atoms with Gasteiger partial charge >= 0.3 is 0 Å². The minimum absolute atomic E-state index is 0.635. The smallest absolute Gasteiger partial charge is 0.100 e. The van der Waals surface area contributed by atoms with Gasteiger partial charge in [-0.1, -0.05) is 40.2 Å². The molecule has 2 rings (SSSR count). The van der Waals surface area contributed by atoms with Crippen LogP contribution < -0.4 is 0 Å². The molecular weight excluding hydrogens is 276 g/mol. The Hall–Kier alpha value is -1.84. The predicted octanol–water partition coefficient (Wildman–Crippen LogP) is 3.52. The third kappa shape index (κ3) is 2.02. The number of fused-ring (bicyclic) bond motifs is 1. The molecule has 0 atom stereocenters. The molecule has 0 fully saturated rings. The summed E-state index contributed by atoms with van der Waals surface area (Å²) in [5, 5.41) is 20.9. The number of rotatable bonds is 2. The van der Waals surface area contributed by atoms with Crippen molar-refractivity contribution in [3.63, 3.8) is 0 Å². The maximum atomic E-state index is 9.26. The first-order valence-electron chi connectivity index (χ1n) is 5.22. The second kappa shape index (κ2) is 4.99. The highest BCUT2D eigenvalue weighted by molar-refractivity contribution is 9.09. The molecule has 0 unspecified atom stereocenters. The molecule has 0 N–H and O–H groups in total. The van der Waals surface area contributed by atoms with Crippen LogP contribution in [-0.4, -0.2) is 5.33 Å². The fourth-order valence-electron chi connectivity index (χ4n) is 1.96. The Morgan fingerprint density at radius 2 is 1.76 bits per heavy atom. The van der Waals surface area contributed by atoms with Gasteiger partial charge in [-0.2, -0.15) is 10.5 Å². The number of nitrogens with zero attached hydrogens (tertiary/aromatic N) is 2. The van der Waals surface area contributed by atoms with Gasteiger partial charge in [-0.05, 0) is 18.1 Å². The van der Waals surface area contributed by atoms with E-state index < -0.39 is 0 Å². The van der Waals surface area contributed by atoms with Gasteiger partial charge in [-0.3, -0.25) is 0 Å².